The second-order valence-electron chi connectivity index (χ2n) is 9.49. The summed E-state index contributed by atoms with van der Waals surface area (Å²) in [5, 5.41) is 6.69. The fourth-order valence-corrected chi connectivity index (χ4v) is 6.30. The number of nitrogens with zero attached hydrogens (tertiary/aromatic N) is 1. The van der Waals surface area contributed by atoms with E-state index < -0.39 is 34.6 Å². The fraction of sp³-hybridized carbons (Fsp3) is 0.407. The number of benzene rings is 2. The first-order chi connectivity index (χ1) is 18.4. The van der Waals surface area contributed by atoms with Crippen LogP contribution in [-0.4, -0.2) is 71.8 Å². The lowest BCUT2D eigenvalue weighted by atomic mass is 10.0. The van der Waals surface area contributed by atoms with E-state index in [1.165, 1.54) is 19.2 Å². The van der Waals surface area contributed by atoms with E-state index in [0.717, 1.165) is 24.1 Å². The van der Waals surface area contributed by atoms with Gasteiger partial charge in [0.2, 0.25) is 0 Å². The molecule has 0 amide bonds. The molecule has 1 aliphatic rings. The number of methoxy groups -OCH3 is 1. The van der Waals surface area contributed by atoms with E-state index in [1.54, 1.807) is 24.3 Å². The van der Waals surface area contributed by atoms with E-state index in [-0.39, 0.29) is 21.9 Å². The Labute approximate surface area is 229 Å². The molecule has 0 bridgehead atoms. The number of nitrogens with one attached hydrogen (secondary N) is 2. The van der Waals surface area contributed by atoms with Crippen LogP contribution in [0.2, 0.25) is 0 Å². The summed E-state index contributed by atoms with van der Waals surface area (Å²) in [7, 11) is -0.161. The van der Waals surface area contributed by atoms with Gasteiger partial charge in [0, 0.05) is 25.4 Å². The van der Waals surface area contributed by atoms with Crippen LogP contribution in [0, 0.1) is 11.8 Å². The van der Waals surface area contributed by atoms with Crippen LogP contribution < -0.4 is 15.4 Å². The molecule has 0 saturated carbocycles. The molecule has 0 spiro atoms. The van der Waals surface area contributed by atoms with Gasteiger partial charge in [0.1, 0.15) is 11.9 Å². The molecule has 6 nitrogen and oxygen atoms in total. The van der Waals surface area contributed by atoms with Gasteiger partial charge in [0.05, 0.1) is 52.0 Å². The monoisotopic (exact) mass is 583 g/mol. The van der Waals surface area contributed by atoms with Crippen molar-refractivity contribution in [1.82, 2.24) is 4.90 Å². The molecule has 12 heteroatoms. The molecule has 0 unspecified atom stereocenters. The molecule has 0 radical (unpaired) electrons. The highest BCUT2D eigenvalue weighted by Crippen LogP contribution is 2.39. The molecule has 1 saturated heterocycles. The highest BCUT2D eigenvalue weighted by atomic mass is 32.2. The van der Waals surface area contributed by atoms with Crippen molar-refractivity contribution in [3.63, 3.8) is 0 Å². The minimum atomic E-state index is -4.43. The van der Waals surface area contributed by atoms with Crippen molar-refractivity contribution < 1.29 is 30.7 Å². The van der Waals surface area contributed by atoms with Crippen LogP contribution in [-0.2, 0) is 16.3 Å². The predicted octanol–water partition coefficient (Wildman–Crippen LogP) is 5.34. The van der Waals surface area contributed by atoms with E-state index in [0.29, 0.717) is 40.2 Å². The van der Waals surface area contributed by atoms with Crippen molar-refractivity contribution in [2.45, 2.75) is 36.1 Å². The smallest absolute Gasteiger partial charge is 0.393 e. The number of halogens is 4. The first-order valence-corrected chi connectivity index (χ1v) is 14.9. The highest BCUT2D eigenvalue weighted by molar-refractivity contribution is 7.90. The molecule has 210 valence electrons. The molecular weight excluding hydrogens is 554 g/mol. The number of thiophene rings is 1. The quantitative estimate of drug-likeness (QED) is 0.289. The summed E-state index contributed by atoms with van der Waals surface area (Å²) in [6, 6.07) is 9.00. The summed E-state index contributed by atoms with van der Waals surface area (Å²) in [5.74, 6) is 6.04. The standard InChI is InChI=1S/C27H29F4N3O3S2/c1-34-13-11-21(20(28)16-34)33-23-7-4-6-18-19(15-27(29,30)31)25(38-26(18)23)8-5-12-32-22-10-9-17(39(3,35)36)14-24(22)37-2/h4,6-7,9-10,14,20-21,32-33H,11-13,15-16H2,1-3H3/t20-,21+/m1/s1. The molecule has 1 aromatic heterocycles. The summed E-state index contributed by atoms with van der Waals surface area (Å²) in [4.78, 5) is 2.30. The molecule has 0 aliphatic carbocycles. The maximum Gasteiger partial charge on any atom is 0.393 e. The van der Waals surface area contributed by atoms with Crippen molar-refractivity contribution in [3.8, 4) is 17.6 Å². The number of ether oxygens (including phenoxy) is 1. The number of anilines is 2. The number of hydrogen-bond acceptors (Lipinski definition) is 7. The van der Waals surface area contributed by atoms with E-state index in [1.807, 2.05) is 11.9 Å². The first-order valence-electron chi connectivity index (χ1n) is 12.2. The Bertz CT molecular complexity index is 1510. The third-order valence-electron chi connectivity index (χ3n) is 6.45. The number of likely N-dealkylation sites (tertiary alicyclic amines) is 1. The number of alkyl halides is 4. The van der Waals surface area contributed by atoms with Gasteiger partial charge in [0.25, 0.3) is 0 Å². The van der Waals surface area contributed by atoms with Gasteiger partial charge in [-0.15, -0.1) is 11.3 Å². The number of sulfone groups is 1. The summed E-state index contributed by atoms with van der Waals surface area (Å²) >= 11 is 1.15. The molecule has 2 atom stereocenters. The van der Waals surface area contributed by atoms with Gasteiger partial charge >= 0.3 is 6.18 Å². The lowest BCUT2D eigenvalue weighted by Gasteiger charge is -2.33. The van der Waals surface area contributed by atoms with Crippen LogP contribution in [0.3, 0.4) is 0 Å². The van der Waals surface area contributed by atoms with Crippen LogP contribution in [0.15, 0.2) is 41.3 Å². The Morgan fingerprint density at radius 1 is 1.21 bits per heavy atom. The second kappa shape index (κ2) is 11.6. The number of hydrogen-bond donors (Lipinski definition) is 2. The first kappa shape index (κ1) is 29.0. The summed E-state index contributed by atoms with van der Waals surface area (Å²) < 4.78 is 84.7. The minimum Gasteiger partial charge on any atom is -0.495 e. The molecule has 3 aromatic rings. The lowest BCUT2D eigenvalue weighted by Crippen LogP contribution is -2.46. The van der Waals surface area contributed by atoms with Gasteiger partial charge in [-0.1, -0.05) is 24.0 Å². The molecule has 2 N–H and O–H groups in total. The topological polar surface area (TPSA) is 70.7 Å². The molecular formula is C27H29F4N3O3S2. The van der Waals surface area contributed by atoms with Crippen LogP contribution in [0.5, 0.6) is 5.75 Å². The van der Waals surface area contributed by atoms with Crippen molar-refractivity contribution in [2.75, 3.05) is 50.7 Å². The molecule has 1 aliphatic heterocycles. The van der Waals surface area contributed by atoms with Crippen molar-refractivity contribution in [2.24, 2.45) is 0 Å². The van der Waals surface area contributed by atoms with E-state index in [4.69, 9.17) is 4.74 Å². The van der Waals surface area contributed by atoms with Crippen LogP contribution in [0.4, 0.5) is 28.9 Å². The summed E-state index contributed by atoms with van der Waals surface area (Å²) in [6.07, 6.45) is -4.98. The Balaban J connectivity index is 1.61. The maximum absolute atomic E-state index is 14.7. The van der Waals surface area contributed by atoms with Gasteiger partial charge in [-0.05, 0) is 42.6 Å². The van der Waals surface area contributed by atoms with E-state index in [2.05, 4.69) is 22.5 Å². The number of piperidine rings is 1. The van der Waals surface area contributed by atoms with Gasteiger partial charge in [-0.25, -0.2) is 12.8 Å². The number of rotatable bonds is 7. The van der Waals surface area contributed by atoms with E-state index >= 15 is 0 Å². The fourth-order valence-electron chi connectivity index (χ4n) is 4.49. The van der Waals surface area contributed by atoms with Gasteiger partial charge < -0.3 is 20.3 Å². The molecule has 4 rings (SSSR count). The van der Waals surface area contributed by atoms with Gasteiger partial charge in [-0.3, -0.25) is 0 Å². The Kier molecular flexibility index (Phi) is 8.63. The molecule has 39 heavy (non-hydrogen) atoms. The average Bonchev–Trinajstić information content (AvgIpc) is 3.19. The molecule has 1 fully saturated rings. The average molecular weight is 584 g/mol. The van der Waals surface area contributed by atoms with Crippen LogP contribution in [0.1, 0.15) is 16.9 Å². The highest BCUT2D eigenvalue weighted by Gasteiger charge is 2.32. The zero-order chi connectivity index (χ0) is 28.4. The van der Waals surface area contributed by atoms with Crippen molar-refractivity contribution in [3.05, 3.63) is 46.8 Å². The van der Waals surface area contributed by atoms with E-state index in [9.17, 15) is 26.0 Å². The zero-order valence-electron chi connectivity index (χ0n) is 21.7. The van der Waals surface area contributed by atoms with Crippen molar-refractivity contribution in [1.29, 1.82) is 0 Å². The Morgan fingerprint density at radius 3 is 2.64 bits per heavy atom. The third kappa shape index (κ3) is 7.15. The number of fused-ring (bicyclic) bond motifs is 1. The second-order valence-corrected chi connectivity index (χ2v) is 12.5. The largest absolute Gasteiger partial charge is 0.495 e. The summed E-state index contributed by atoms with van der Waals surface area (Å²) in [6.45, 7) is 1.10. The Morgan fingerprint density at radius 2 is 1.97 bits per heavy atom. The maximum atomic E-state index is 14.7. The normalized spacial score (nSPS) is 18.4. The molecule has 2 aromatic carbocycles. The predicted molar refractivity (Wildman–Crippen MR) is 147 cm³/mol. The third-order valence-corrected chi connectivity index (χ3v) is 8.76. The lowest BCUT2D eigenvalue weighted by molar-refractivity contribution is -0.126. The SMILES string of the molecule is COc1cc(S(C)(=O)=O)ccc1NCC#Cc1sc2c(N[C@H]3CCN(C)C[C@H]3F)cccc2c1CC(F)(F)F. The van der Waals surface area contributed by atoms with Crippen molar-refractivity contribution >= 4 is 42.6 Å². The summed E-state index contributed by atoms with van der Waals surface area (Å²) in [5.41, 5.74) is 1.19. The Hall–Kier alpha value is -3.01. The van der Waals surface area contributed by atoms with Crippen LogP contribution in [0.25, 0.3) is 10.1 Å². The molecule has 2 heterocycles. The van der Waals surface area contributed by atoms with Crippen LogP contribution >= 0.6 is 11.3 Å². The van der Waals surface area contributed by atoms with Gasteiger partial charge in [0.15, 0.2) is 9.84 Å². The minimum absolute atomic E-state index is 0.0819. The van der Waals surface area contributed by atoms with Gasteiger partial charge in [-0.2, -0.15) is 13.2 Å². The zero-order valence-corrected chi connectivity index (χ0v) is 23.3.